The van der Waals surface area contributed by atoms with E-state index in [9.17, 15) is 9.18 Å². The maximum absolute atomic E-state index is 14.1. The number of methoxy groups -OCH3 is 2. The van der Waals surface area contributed by atoms with Crippen molar-refractivity contribution < 1.29 is 28.1 Å². The molecule has 0 spiro atoms. The quantitative estimate of drug-likeness (QED) is 0.564. The van der Waals surface area contributed by atoms with Gasteiger partial charge in [-0.2, -0.15) is 0 Å². The summed E-state index contributed by atoms with van der Waals surface area (Å²) in [6.07, 6.45) is 0.270. The van der Waals surface area contributed by atoms with E-state index in [-0.39, 0.29) is 30.7 Å². The minimum Gasteiger partial charge on any atom is -0.492 e. The van der Waals surface area contributed by atoms with Crippen LogP contribution in [-0.4, -0.2) is 33.4 Å². The predicted molar refractivity (Wildman–Crippen MR) is 101 cm³/mol. The molecular weight excluding hydrogens is 363 g/mol. The van der Waals surface area contributed by atoms with Crippen molar-refractivity contribution in [1.29, 1.82) is 0 Å². The molecule has 6 heteroatoms. The topological polar surface area (TPSA) is 54.0 Å². The van der Waals surface area contributed by atoms with Gasteiger partial charge < -0.3 is 18.9 Å². The molecule has 0 fully saturated rings. The van der Waals surface area contributed by atoms with E-state index in [4.69, 9.17) is 18.9 Å². The fourth-order valence-corrected chi connectivity index (χ4v) is 2.93. The van der Waals surface area contributed by atoms with Crippen LogP contribution in [0.2, 0.25) is 0 Å². The molecule has 5 nitrogen and oxygen atoms in total. The average molecular weight is 384 g/mol. The van der Waals surface area contributed by atoms with Crippen molar-refractivity contribution in [2.75, 3.05) is 27.4 Å². The number of carbonyl (C=O) groups excluding carboxylic acids is 1. The molecule has 1 heterocycles. The number of halogens is 1. The van der Waals surface area contributed by atoms with Gasteiger partial charge in [0.05, 0.1) is 20.1 Å². The summed E-state index contributed by atoms with van der Waals surface area (Å²) in [7, 11) is 2.93. The largest absolute Gasteiger partial charge is 0.492 e. The summed E-state index contributed by atoms with van der Waals surface area (Å²) < 4.78 is 35.1. The summed E-state index contributed by atoms with van der Waals surface area (Å²) in [5.74, 6) is 6.33. The second-order valence-corrected chi connectivity index (χ2v) is 6.32. The number of carbonyl (C=O) groups is 1. The van der Waals surface area contributed by atoms with Crippen molar-refractivity contribution in [3.63, 3.8) is 0 Å². The summed E-state index contributed by atoms with van der Waals surface area (Å²) in [6.45, 7) is 0.802. The van der Waals surface area contributed by atoms with E-state index in [1.54, 1.807) is 31.4 Å². The molecule has 0 saturated carbocycles. The Morgan fingerprint density at radius 1 is 1.25 bits per heavy atom. The van der Waals surface area contributed by atoms with Gasteiger partial charge in [0.15, 0.2) is 0 Å². The zero-order valence-electron chi connectivity index (χ0n) is 15.8. The number of benzene rings is 2. The highest BCUT2D eigenvalue weighted by Crippen LogP contribution is 2.38. The summed E-state index contributed by atoms with van der Waals surface area (Å²) in [5, 5.41) is 0. The van der Waals surface area contributed by atoms with Crippen molar-refractivity contribution >= 4 is 5.97 Å². The minimum absolute atomic E-state index is 0.0312. The summed E-state index contributed by atoms with van der Waals surface area (Å²) in [4.78, 5) is 11.5. The summed E-state index contributed by atoms with van der Waals surface area (Å²) in [6, 6.07) is 10.1. The van der Waals surface area contributed by atoms with Gasteiger partial charge in [0, 0.05) is 35.8 Å². The Kier molecular flexibility index (Phi) is 6.51. The lowest BCUT2D eigenvalue weighted by Gasteiger charge is -2.10. The van der Waals surface area contributed by atoms with Crippen LogP contribution < -0.4 is 9.47 Å². The van der Waals surface area contributed by atoms with E-state index >= 15 is 0 Å². The average Bonchev–Trinajstić information content (AvgIpc) is 3.10. The Hall–Kier alpha value is -3.04. The van der Waals surface area contributed by atoms with Crippen LogP contribution >= 0.6 is 0 Å². The molecular formula is C22H21FO5. The van der Waals surface area contributed by atoms with Crippen LogP contribution in [0.25, 0.3) is 0 Å². The van der Waals surface area contributed by atoms with E-state index in [2.05, 4.69) is 11.8 Å². The molecule has 28 heavy (non-hydrogen) atoms. The zero-order chi connectivity index (χ0) is 19.9. The number of rotatable bonds is 6. The van der Waals surface area contributed by atoms with E-state index in [0.717, 1.165) is 5.56 Å². The molecule has 1 aliphatic heterocycles. The van der Waals surface area contributed by atoms with Gasteiger partial charge in [-0.3, -0.25) is 4.79 Å². The van der Waals surface area contributed by atoms with Gasteiger partial charge in [0.25, 0.3) is 0 Å². The van der Waals surface area contributed by atoms with Crippen molar-refractivity contribution in [3.05, 3.63) is 58.9 Å². The minimum atomic E-state index is -0.354. The van der Waals surface area contributed by atoms with E-state index in [1.807, 2.05) is 6.07 Å². The molecule has 0 N–H and O–H groups in total. The highest BCUT2D eigenvalue weighted by molar-refractivity contribution is 5.71. The Labute approximate surface area is 163 Å². The summed E-state index contributed by atoms with van der Waals surface area (Å²) >= 11 is 0. The highest BCUT2D eigenvalue weighted by Gasteiger charge is 2.27. The Balaban J connectivity index is 1.67. The van der Waals surface area contributed by atoms with Crippen LogP contribution in [0.4, 0.5) is 4.39 Å². The Bertz CT molecular complexity index is 913. The lowest BCUT2D eigenvalue weighted by Crippen LogP contribution is -2.09. The maximum Gasteiger partial charge on any atom is 0.306 e. The fraction of sp³-hybridized carbons (Fsp3) is 0.318. The lowest BCUT2D eigenvalue weighted by molar-refractivity contribution is -0.141. The molecule has 146 valence electrons. The zero-order valence-corrected chi connectivity index (χ0v) is 15.8. The molecule has 1 unspecified atom stereocenters. The smallest absolute Gasteiger partial charge is 0.306 e. The maximum atomic E-state index is 14.1. The third kappa shape index (κ3) is 4.81. The Morgan fingerprint density at radius 2 is 2.11 bits per heavy atom. The van der Waals surface area contributed by atoms with Crippen molar-refractivity contribution in [2.24, 2.45) is 0 Å². The predicted octanol–water partition coefficient (Wildman–Crippen LogP) is 3.44. The summed E-state index contributed by atoms with van der Waals surface area (Å²) in [5.41, 5.74) is 2.05. The molecule has 0 saturated heterocycles. The van der Waals surface area contributed by atoms with Crippen LogP contribution in [0.5, 0.6) is 11.5 Å². The van der Waals surface area contributed by atoms with Crippen molar-refractivity contribution in [2.45, 2.75) is 18.9 Å². The van der Waals surface area contributed by atoms with Crippen molar-refractivity contribution in [3.8, 4) is 23.3 Å². The third-order valence-electron chi connectivity index (χ3n) is 4.39. The van der Waals surface area contributed by atoms with Gasteiger partial charge in [0.2, 0.25) is 0 Å². The molecule has 0 bridgehead atoms. The van der Waals surface area contributed by atoms with Crippen molar-refractivity contribution in [1.82, 2.24) is 0 Å². The SMILES string of the molecule is COCC#Cc1ccc(F)c(COc2ccc3c(c2)OCC3CC(=O)OC)c1. The molecule has 0 aliphatic carbocycles. The molecule has 0 amide bonds. The lowest BCUT2D eigenvalue weighted by atomic mass is 9.98. The second-order valence-electron chi connectivity index (χ2n) is 6.32. The van der Waals surface area contributed by atoms with Gasteiger partial charge in [-0.25, -0.2) is 4.39 Å². The number of fused-ring (bicyclic) bond motifs is 1. The Morgan fingerprint density at radius 3 is 2.89 bits per heavy atom. The van der Waals surface area contributed by atoms with Crippen LogP contribution in [0.15, 0.2) is 36.4 Å². The first-order chi connectivity index (χ1) is 13.6. The monoisotopic (exact) mass is 384 g/mol. The first-order valence-corrected chi connectivity index (χ1v) is 8.83. The molecule has 2 aromatic rings. The van der Waals surface area contributed by atoms with E-state index in [1.165, 1.54) is 13.2 Å². The molecule has 1 atom stereocenters. The number of esters is 1. The fourth-order valence-electron chi connectivity index (χ4n) is 2.93. The number of ether oxygens (including phenoxy) is 4. The number of hydrogen-bond acceptors (Lipinski definition) is 5. The third-order valence-corrected chi connectivity index (χ3v) is 4.39. The first-order valence-electron chi connectivity index (χ1n) is 8.83. The van der Waals surface area contributed by atoms with Crippen LogP contribution in [-0.2, 0) is 20.9 Å². The number of hydrogen-bond donors (Lipinski definition) is 0. The normalized spacial score (nSPS) is 14.5. The second kappa shape index (κ2) is 9.25. The van der Waals surface area contributed by atoms with Gasteiger partial charge in [-0.05, 0) is 24.3 Å². The molecule has 1 aliphatic rings. The first kappa shape index (κ1) is 19.7. The van der Waals surface area contributed by atoms with Gasteiger partial charge in [-0.1, -0.05) is 17.9 Å². The molecule has 2 aromatic carbocycles. The van der Waals surface area contributed by atoms with Gasteiger partial charge in [0.1, 0.15) is 30.5 Å². The highest BCUT2D eigenvalue weighted by atomic mass is 19.1. The van der Waals surface area contributed by atoms with Gasteiger partial charge >= 0.3 is 5.97 Å². The standard InChI is InChI=1S/C22H21FO5/c1-25-9-3-4-15-5-8-20(23)17(10-15)14-27-18-6-7-19-16(11-22(24)26-2)13-28-21(19)12-18/h5-8,10,12,16H,9,11,13-14H2,1-2H3. The van der Waals surface area contributed by atoms with Crippen LogP contribution in [0.3, 0.4) is 0 Å². The van der Waals surface area contributed by atoms with Gasteiger partial charge in [-0.15, -0.1) is 0 Å². The molecule has 3 rings (SSSR count). The van der Waals surface area contributed by atoms with Crippen LogP contribution in [0, 0.1) is 17.7 Å². The molecule has 0 radical (unpaired) electrons. The van der Waals surface area contributed by atoms with Crippen LogP contribution in [0.1, 0.15) is 29.0 Å². The molecule has 0 aromatic heterocycles. The van der Waals surface area contributed by atoms with E-state index in [0.29, 0.717) is 35.8 Å². The van der Waals surface area contributed by atoms with E-state index < -0.39 is 0 Å².